The van der Waals surface area contributed by atoms with Crippen LogP contribution >= 0.6 is 11.6 Å². The van der Waals surface area contributed by atoms with Gasteiger partial charge in [0.05, 0.1) is 16.1 Å². The fourth-order valence-corrected chi connectivity index (χ4v) is 3.34. The van der Waals surface area contributed by atoms with Crippen LogP contribution in [-0.2, 0) is 10.3 Å². The molecule has 0 saturated heterocycles. The highest BCUT2D eigenvalue weighted by molar-refractivity contribution is 6.34. The highest BCUT2D eigenvalue weighted by Gasteiger charge is 2.50. The lowest BCUT2D eigenvalue weighted by molar-refractivity contribution is -0.208. The highest BCUT2D eigenvalue weighted by Crippen LogP contribution is 2.41. The first-order chi connectivity index (χ1) is 14.4. The summed E-state index contributed by atoms with van der Waals surface area (Å²) in [6.07, 6.45) is -6.57. The predicted molar refractivity (Wildman–Crippen MR) is 103 cm³/mol. The Kier molecular flexibility index (Phi) is 5.78. The van der Waals surface area contributed by atoms with Gasteiger partial charge in [0, 0.05) is 23.9 Å². The number of benzene rings is 1. The van der Waals surface area contributed by atoms with Crippen molar-refractivity contribution < 1.29 is 27.1 Å². The Labute approximate surface area is 178 Å². The van der Waals surface area contributed by atoms with E-state index in [1.165, 1.54) is 19.1 Å². The molecule has 1 aromatic heterocycles. The Morgan fingerprint density at radius 3 is 2.74 bits per heavy atom. The van der Waals surface area contributed by atoms with E-state index >= 15 is 0 Å². The Bertz CT molecular complexity index is 1120. The number of pyridine rings is 1. The lowest BCUT2D eigenvalue weighted by atomic mass is 9.85. The van der Waals surface area contributed by atoms with Crippen LogP contribution < -0.4 is 11.1 Å². The fourth-order valence-electron chi connectivity index (χ4n) is 3.09. The predicted octanol–water partition coefficient (Wildman–Crippen LogP) is 3.88. The number of nitriles is 1. The Morgan fingerprint density at radius 1 is 1.42 bits per heavy atom. The van der Waals surface area contributed by atoms with Gasteiger partial charge in [0.15, 0.2) is 6.10 Å². The average Bonchev–Trinajstić information content (AvgIpc) is 2.67. The number of rotatable bonds is 3. The molecule has 3 N–H and O–H groups in total. The Balaban J connectivity index is 1.93. The van der Waals surface area contributed by atoms with Crippen molar-refractivity contribution in [3.8, 4) is 6.07 Å². The van der Waals surface area contributed by atoms with Crippen LogP contribution in [0.4, 0.5) is 23.2 Å². The summed E-state index contributed by atoms with van der Waals surface area (Å²) in [5.74, 6) is -1.60. The maximum absolute atomic E-state index is 14.5. The quantitative estimate of drug-likeness (QED) is 0.682. The van der Waals surface area contributed by atoms with Gasteiger partial charge in [-0.05, 0) is 31.2 Å². The van der Waals surface area contributed by atoms with E-state index in [4.69, 9.17) is 22.6 Å². The van der Waals surface area contributed by atoms with E-state index in [0.717, 1.165) is 18.3 Å². The summed E-state index contributed by atoms with van der Waals surface area (Å²) in [4.78, 5) is 20.2. The number of carbonyl (C=O) groups excluding carboxylic acids is 1. The second kappa shape index (κ2) is 8.03. The summed E-state index contributed by atoms with van der Waals surface area (Å²) >= 11 is 5.96. The Hall–Kier alpha value is -3.39. The molecule has 0 spiro atoms. The lowest BCUT2D eigenvalue weighted by Crippen LogP contribution is -2.46. The van der Waals surface area contributed by atoms with Gasteiger partial charge in [0.2, 0.25) is 0 Å². The number of hydrogen-bond acceptors (Lipinski definition) is 6. The van der Waals surface area contributed by atoms with E-state index in [2.05, 4.69) is 20.0 Å². The summed E-state index contributed by atoms with van der Waals surface area (Å²) in [6, 6.07) is 5.69. The summed E-state index contributed by atoms with van der Waals surface area (Å²) < 4.78 is 58.6. The van der Waals surface area contributed by atoms with Gasteiger partial charge in [0.25, 0.3) is 11.9 Å². The molecule has 12 heteroatoms. The molecule has 0 bridgehead atoms. The van der Waals surface area contributed by atoms with Crippen LogP contribution in [0.2, 0.25) is 5.02 Å². The smallest absolute Gasteiger partial charge is 0.425 e. The fraction of sp³-hybridized carbons (Fsp3) is 0.263. The minimum atomic E-state index is -4.73. The van der Waals surface area contributed by atoms with E-state index in [0.29, 0.717) is 0 Å². The van der Waals surface area contributed by atoms with Gasteiger partial charge in [-0.1, -0.05) is 11.6 Å². The van der Waals surface area contributed by atoms with Crippen molar-refractivity contribution in [1.29, 1.82) is 5.26 Å². The van der Waals surface area contributed by atoms with Crippen molar-refractivity contribution in [2.45, 2.75) is 31.2 Å². The molecular weight excluding hydrogens is 442 g/mol. The molecule has 1 aromatic carbocycles. The van der Waals surface area contributed by atoms with Crippen LogP contribution in [0.5, 0.6) is 0 Å². The molecule has 2 heterocycles. The molecule has 0 radical (unpaired) electrons. The van der Waals surface area contributed by atoms with E-state index < -0.39 is 42.0 Å². The van der Waals surface area contributed by atoms with Crippen LogP contribution in [0.25, 0.3) is 0 Å². The maximum atomic E-state index is 14.5. The summed E-state index contributed by atoms with van der Waals surface area (Å²) in [7, 11) is 0. The highest BCUT2D eigenvalue weighted by atomic mass is 35.5. The standard InChI is InChI=1S/C19H14ClF4N5O2/c1-18(6-14(19(22,23)24)31-17(26)29-18)11-5-10(2-3-13(11)21)28-16(30)15-12(20)4-9(7-25)8-27-15/h2-5,8,14H,6H2,1H3,(H2,26,29)(H,28,30)/t14-,18+/m0/s1. The van der Waals surface area contributed by atoms with Crippen LogP contribution in [0, 0.1) is 17.1 Å². The van der Waals surface area contributed by atoms with Gasteiger partial charge in [-0.25, -0.2) is 14.4 Å². The van der Waals surface area contributed by atoms with E-state index in [9.17, 15) is 22.4 Å². The second-order valence-corrected chi connectivity index (χ2v) is 7.30. The van der Waals surface area contributed by atoms with Gasteiger partial charge in [-0.2, -0.15) is 18.4 Å². The van der Waals surface area contributed by atoms with Crippen LogP contribution in [0.1, 0.15) is 35.0 Å². The normalized spacial score (nSPS) is 20.9. The van der Waals surface area contributed by atoms with E-state index in [-0.39, 0.29) is 27.5 Å². The number of alkyl halides is 3. The van der Waals surface area contributed by atoms with Gasteiger partial charge >= 0.3 is 6.18 Å². The van der Waals surface area contributed by atoms with Gasteiger partial charge in [-0.3, -0.25) is 4.79 Å². The molecule has 162 valence electrons. The Morgan fingerprint density at radius 2 is 2.13 bits per heavy atom. The van der Waals surface area contributed by atoms with Crippen molar-refractivity contribution in [3.63, 3.8) is 0 Å². The number of aliphatic imine (C=N–C) groups is 1. The molecule has 1 amide bonds. The minimum Gasteiger partial charge on any atom is -0.452 e. The third-order valence-electron chi connectivity index (χ3n) is 4.56. The van der Waals surface area contributed by atoms with Crippen LogP contribution in [0.3, 0.4) is 0 Å². The first-order valence-electron chi connectivity index (χ1n) is 8.68. The summed E-state index contributed by atoms with van der Waals surface area (Å²) in [5, 5.41) is 11.2. The molecule has 0 aliphatic carbocycles. The van der Waals surface area contributed by atoms with Crippen LogP contribution in [-0.4, -0.2) is 29.2 Å². The zero-order chi connectivity index (χ0) is 23.0. The van der Waals surface area contributed by atoms with Crippen molar-refractivity contribution >= 4 is 29.2 Å². The van der Waals surface area contributed by atoms with Crippen molar-refractivity contribution in [3.05, 3.63) is 58.1 Å². The van der Waals surface area contributed by atoms with E-state index in [1.807, 2.05) is 6.07 Å². The third kappa shape index (κ3) is 4.69. The number of ether oxygens (including phenoxy) is 1. The van der Waals surface area contributed by atoms with Crippen molar-refractivity contribution in [2.24, 2.45) is 10.7 Å². The number of carbonyl (C=O) groups is 1. The monoisotopic (exact) mass is 455 g/mol. The van der Waals surface area contributed by atoms with Gasteiger partial charge < -0.3 is 15.8 Å². The molecular formula is C19H14ClF4N5O2. The number of hydrogen-bond donors (Lipinski definition) is 2. The molecule has 1 aliphatic rings. The number of nitrogens with zero attached hydrogens (tertiary/aromatic N) is 3. The summed E-state index contributed by atoms with van der Waals surface area (Å²) in [5.41, 5.74) is 3.51. The number of amidine groups is 1. The minimum absolute atomic E-state index is 0.0636. The third-order valence-corrected chi connectivity index (χ3v) is 4.85. The molecule has 7 nitrogen and oxygen atoms in total. The maximum Gasteiger partial charge on any atom is 0.425 e. The largest absolute Gasteiger partial charge is 0.452 e. The SMILES string of the molecule is C[C@]1(c2cc(NC(=O)c3ncc(C#N)cc3Cl)ccc2F)C[C@@H](C(F)(F)F)OC(N)=N1. The molecule has 0 saturated carbocycles. The molecule has 31 heavy (non-hydrogen) atoms. The number of aromatic nitrogens is 1. The first kappa shape index (κ1) is 22.3. The lowest BCUT2D eigenvalue weighted by Gasteiger charge is -2.36. The number of nitrogens with one attached hydrogen (secondary N) is 1. The number of halogens is 5. The number of nitrogens with two attached hydrogens (primary N) is 1. The zero-order valence-electron chi connectivity index (χ0n) is 15.8. The summed E-state index contributed by atoms with van der Waals surface area (Å²) in [6.45, 7) is 1.28. The zero-order valence-corrected chi connectivity index (χ0v) is 16.6. The van der Waals surface area contributed by atoms with Crippen molar-refractivity contribution in [2.75, 3.05) is 5.32 Å². The first-order valence-corrected chi connectivity index (χ1v) is 9.06. The topological polar surface area (TPSA) is 113 Å². The van der Waals surface area contributed by atoms with Crippen LogP contribution in [0.15, 0.2) is 35.5 Å². The molecule has 0 fully saturated rings. The molecule has 0 unspecified atom stereocenters. The second-order valence-electron chi connectivity index (χ2n) is 6.89. The van der Waals surface area contributed by atoms with Gasteiger partial charge in [0.1, 0.15) is 17.6 Å². The molecule has 2 aromatic rings. The molecule has 1 aliphatic heterocycles. The molecule has 2 atom stereocenters. The van der Waals surface area contributed by atoms with Crippen molar-refractivity contribution in [1.82, 2.24) is 4.98 Å². The van der Waals surface area contributed by atoms with Gasteiger partial charge in [-0.15, -0.1) is 0 Å². The average molecular weight is 456 g/mol. The number of amides is 1. The van der Waals surface area contributed by atoms with E-state index in [1.54, 1.807) is 0 Å². The number of anilines is 1. The molecule has 3 rings (SSSR count).